The molecule has 0 saturated carbocycles. The average Bonchev–Trinajstić information content (AvgIpc) is 3.06. The van der Waals surface area contributed by atoms with E-state index in [0.29, 0.717) is 23.3 Å². The number of thiophene rings is 1. The molecule has 4 rings (SSSR count). The van der Waals surface area contributed by atoms with Crippen molar-refractivity contribution >= 4 is 27.8 Å². The lowest BCUT2D eigenvalue weighted by atomic mass is 9.97. The van der Waals surface area contributed by atoms with Gasteiger partial charge in [0.15, 0.2) is 0 Å². The summed E-state index contributed by atoms with van der Waals surface area (Å²) in [5.41, 5.74) is 1.50. The molecular formula is C20H21N3O3S. The highest BCUT2D eigenvalue weighted by molar-refractivity contribution is 7.18. The number of aryl methyl sites for hydroxylation is 2. The lowest BCUT2D eigenvalue weighted by Gasteiger charge is -2.09. The summed E-state index contributed by atoms with van der Waals surface area (Å²) in [5, 5.41) is 15.1. The van der Waals surface area contributed by atoms with Gasteiger partial charge in [0.05, 0.1) is 18.2 Å². The first-order chi connectivity index (χ1) is 13.2. The number of ether oxygens (including phenoxy) is 1. The highest BCUT2D eigenvalue weighted by Crippen LogP contribution is 2.33. The zero-order chi connectivity index (χ0) is 18.8. The molecule has 2 heterocycles. The van der Waals surface area contributed by atoms with Gasteiger partial charge < -0.3 is 9.84 Å². The number of aromatic hydroxyl groups is 1. The maximum Gasteiger partial charge on any atom is 0.282 e. The average molecular weight is 383 g/mol. The molecule has 1 aromatic carbocycles. The van der Waals surface area contributed by atoms with E-state index in [1.165, 1.54) is 28.5 Å². The van der Waals surface area contributed by atoms with Crippen LogP contribution in [-0.2, 0) is 12.8 Å². The molecule has 0 fully saturated rings. The number of nitrogens with zero attached hydrogens (tertiary/aromatic N) is 3. The number of phenols is 1. The molecule has 7 heteroatoms. The number of fused-ring (bicyclic) bond motifs is 3. The predicted octanol–water partition coefficient (Wildman–Crippen LogP) is 3.71. The summed E-state index contributed by atoms with van der Waals surface area (Å²) in [6.07, 6.45) is 8.04. The van der Waals surface area contributed by atoms with Gasteiger partial charge in [-0.05, 0) is 49.8 Å². The van der Waals surface area contributed by atoms with Crippen LogP contribution in [0, 0.1) is 0 Å². The largest absolute Gasteiger partial charge is 0.507 e. The monoisotopic (exact) mass is 383 g/mol. The maximum absolute atomic E-state index is 12.9. The summed E-state index contributed by atoms with van der Waals surface area (Å²) >= 11 is 1.62. The molecule has 0 aliphatic heterocycles. The quantitative estimate of drug-likeness (QED) is 0.682. The fraction of sp³-hybridized carbons (Fsp3) is 0.350. The highest BCUT2D eigenvalue weighted by Gasteiger charge is 2.19. The smallest absolute Gasteiger partial charge is 0.282 e. The van der Waals surface area contributed by atoms with E-state index in [1.807, 2.05) is 6.92 Å². The van der Waals surface area contributed by atoms with Crippen molar-refractivity contribution < 1.29 is 9.84 Å². The van der Waals surface area contributed by atoms with Crippen LogP contribution in [0.15, 0.2) is 34.4 Å². The second kappa shape index (κ2) is 7.52. The molecule has 0 radical (unpaired) electrons. The lowest BCUT2D eigenvalue weighted by molar-refractivity contribution is 0.315. The molecule has 1 N–H and O–H groups in total. The molecule has 0 saturated heterocycles. The first-order valence-corrected chi connectivity index (χ1v) is 10.0. The Labute approximate surface area is 160 Å². The van der Waals surface area contributed by atoms with Gasteiger partial charge in [-0.25, -0.2) is 4.98 Å². The summed E-state index contributed by atoms with van der Waals surface area (Å²) in [6, 6.07) is 5.04. The van der Waals surface area contributed by atoms with Crippen LogP contribution in [0.2, 0.25) is 0 Å². The Balaban J connectivity index is 1.65. The van der Waals surface area contributed by atoms with Crippen LogP contribution in [0.4, 0.5) is 0 Å². The van der Waals surface area contributed by atoms with Crippen molar-refractivity contribution in [2.75, 3.05) is 6.61 Å². The minimum atomic E-state index is -0.155. The summed E-state index contributed by atoms with van der Waals surface area (Å²) in [7, 11) is 0. The second-order valence-electron chi connectivity index (χ2n) is 6.60. The number of phenolic OH excluding ortho intramolecular Hbond substituents is 1. The zero-order valence-electron chi connectivity index (χ0n) is 15.1. The van der Waals surface area contributed by atoms with Gasteiger partial charge in [0.25, 0.3) is 5.56 Å². The van der Waals surface area contributed by atoms with E-state index in [1.54, 1.807) is 29.5 Å². The van der Waals surface area contributed by atoms with Gasteiger partial charge in [-0.15, -0.1) is 11.3 Å². The van der Waals surface area contributed by atoms with Crippen LogP contribution in [0.5, 0.6) is 11.5 Å². The molecule has 0 bridgehead atoms. The molecule has 0 spiro atoms. The van der Waals surface area contributed by atoms with Gasteiger partial charge >= 0.3 is 0 Å². The molecule has 1 aliphatic rings. The summed E-state index contributed by atoms with van der Waals surface area (Å²) in [5.74, 6) is 0.666. The van der Waals surface area contributed by atoms with E-state index in [4.69, 9.17) is 4.74 Å². The van der Waals surface area contributed by atoms with Gasteiger partial charge in [0.2, 0.25) is 0 Å². The van der Waals surface area contributed by atoms with Crippen molar-refractivity contribution in [1.29, 1.82) is 0 Å². The Kier molecular flexibility index (Phi) is 4.94. The van der Waals surface area contributed by atoms with Crippen molar-refractivity contribution in [3.8, 4) is 11.5 Å². The Morgan fingerprint density at radius 1 is 1.37 bits per heavy atom. The van der Waals surface area contributed by atoms with Crippen molar-refractivity contribution in [3.63, 3.8) is 0 Å². The molecule has 0 amide bonds. The molecule has 2 aromatic heterocycles. The first-order valence-electron chi connectivity index (χ1n) is 9.19. The van der Waals surface area contributed by atoms with Crippen molar-refractivity contribution in [2.45, 2.75) is 39.0 Å². The van der Waals surface area contributed by atoms with E-state index < -0.39 is 0 Å². The molecule has 27 heavy (non-hydrogen) atoms. The third kappa shape index (κ3) is 3.47. The van der Waals surface area contributed by atoms with Crippen LogP contribution < -0.4 is 10.3 Å². The highest BCUT2D eigenvalue weighted by atomic mass is 32.1. The minimum absolute atomic E-state index is 0.0577. The van der Waals surface area contributed by atoms with E-state index in [-0.39, 0.29) is 11.3 Å². The van der Waals surface area contributed by atoms with Crippen molar-refractivity contribution in [1.82, 2.24) is 9.66 Å². The molecular weight excluding hydrogens is 362 g/mol. The van der Waals surface area contributed by atoms with E-state index >= 15 is 0 Å². The van der Waals surface area contributed by atoms with Gasteiger partial charge in [-0.1, -0.05) is 6.92 Å². The van der Waals surface area contributed by atoms with Gasteiger partial charge in [0.1, 0.15) is 22.7 Å². The standard InChI is InChI=1S/C20H21N3O3S/c1-2-9-26-14-8-7-13(16(24)10-14)11-22-23-12-21-19-18(20(23)25)15-5-3-4-6-17(15)27-19/h7-8,10-12,24H,2-6,9H2,1H3. The molecule has 3 aromatic rings. The van der Waals surface area contributed by atoms with E-state index in [9.17, 15) is 9.90 Å². The molecule has 140 valence electrons. The molecule has 0 atom stereocenters. The van der Waals surface area contributed by atoms with Crippen molar-refractivity contribution in [2.24, 2.45) is 5.10 Å². The van der Waals surface area contributed by atoms with Crippen LogP contribution in [0.3, 0.4) is 0 Å². The Hall–Kier alpha value is -2.67. The number of rotatable bonds is 5. The van der Waals surface area contributed by atoms with Crippen LogP contribution >= 0.6 is 11.3 Å². The SMILES string of the molecule is CCCOc1ccc(C=Nn2cnc3sc4c(c3c2=O)CCCC4)c(O)c1. The normalized spacial score (nSPS) is 14.0. The summed E-state index contributed by atoms with van der Waals surface area (Å²) in [4.78, 5) is 19.4. The first kappa shape index (κ1) is 17.7. The third-order valence-electron chi connectivity index (χ3n) is 4.66. The number of hydrogen-bond acceptors (Lipinski definition) is 6. The topological polar surface area (TPSA) is 76.7 Å². The molecule has 0 unspecified atom stereocenters. The number of aromatic nitrogens is 2. The Morgan fingerprint density at radius 2 is 2.22 bits per heavy atom. The van der Waals surface area contributed by atoms with E-state index in [0.717, 1.165) is 36.1 Å². The fourth-order valence-electron chi connectivity index (χ4n) is 3.29. The van der Waals surface area contributed by atoms with Gasteiger partial charge in [0, 0.05) is 16.5 Å². The van der Waals surface area contributed by atoms with Crippen LogP contribution in [0.1, 0.15) is 42.2 Å². The number of hydrogen-bond donors (Lipinski definition) is 1. The maximum atomic E-state index is 12.9. The zero-order valence-corrected chi connectivity index (χ0v) is 16.0. The molecule has 6 nitrogen and oxygen atoms in total. The summed E-state index contributed by atoms with van der Waals surface area (Å²) < 4.78 is 6.74. The third-order valence-corrected chi connectivity index (χ3v) is 5.85. The van der Waals surface area contributed by atoms with Crippen LogP contribution in [-0.4, -0.2) is 27.6 Å². The Morgan fingerprint density at radius 3 is 3.04 bits per heavy atom. The fourth-order valence-corrected chi connectivity index (χ4v) is 4.51. The lowest BCUT2D eigenvalue weighted by Crippen LogP contribution is -2.18. The van der Waals surface area contributed by atoms with Crippen LogP contribution in [0.25, 0.3) is 10.2 Å². The Bertz CT molecular complexity index is 1070. The second-order valence-corrected chi connectivity index (χ2v) is 7.68. The van der Waals surface area contributed by atoms with Crippen molar-refractivity contribution in [3.05, 3.63) is 50.9 Å². The van der Waals surface area contributed by atoms with E-state index in [2.05, 4.69) is 10.1 Å². The molecule has 1 aliphatic carbocycles. The van der Waals surface area contributed by atoms with Gasteiger partial charge in [-0.2, -0.15) is 9.78 Å². The predicted molar refractivity (Wildman–Crippen MR) is 107 cm³/mol. The van der Waals surface area contributed by atoms with Gasteiger partial charge in [-0.3, -0.25) is 4.79 Å². The number of benzene rings is 1. The minimum Gasteiger partial charge on any atom is -0.507 e. The summed E-state index contributed by atoms with van der Waals surface area (Å²) in [6.45, 7) is 2.62.